The number of carbonyl (C=O) groups is 1. The number of halogens is 1. The van der Waals surface area contributed by atoms with Crippen LogP contribution < -0.4 is 14.8 Å². The number of hydrogen-bond donors (Lipinski definition) is 1. The van der Waals surface area contributed by atoms with Gasteiger partial charge in [0.1, 0.15) is 11.4 Å². The zero-order valence-electron chi connectivity index (χ0n) is 11.6. The molecule has 0 saturated carbocycles. The van der Waals surface area contributed by atoms with Crippen molar-refractivity contribution in [3.05, 3.63) is 60.0 Å². The van der Waals surface area contributed by atoms with Crippen molar-refractivity contribution in [1.29, 1.82) is 0 Å². The number of carbonyl (C=O) groups excluding carboxylic acids is 1. The molecule has 1 aliphatic heterocycles. The highest BCUT2D eigenvalue weighted by molar-refractivity contribution is 5.88. The SMILES string of the molecule is O=C(c1ccccc1F)[n+]1ccccc1N1CCNCC1. The van der Waals surface area contributed by atoms with Crippen molar-refractivity contribution in [2.75, 3.05) is 31.1 Å². The summed E-state index contributed by atoms with van der Waals surface area (Å²) < 4.78 is 15.4. The third-order valence-electron chi connectivity index (χ3n) is 3.60. The van der Waals surface area contributed by atoms with Crippen LogP contribution in [0.25, 0.3) is 0 Å². The van der Waals surface area contributed by atoms with Crippen LogP contribution in [0.3, 0.4) is 0 Å². The second-order valence-corrected chi connectivity index (χ2v) is 4.95. The number of anilines is 1. The van der Waals surface area contributed by atoms with E-state index >= 15 is 0 Å². The van der Waals surface area contributed by atoms with E-state index in [1.807, 2.05) is 12.1 Å². The number of pyridine rings is 1. The third kappa shape index (κ3) is 2.78. The summed E-state index contributed by atoms with van der Waals surface area (Å²) in [7, 11) is 0. The van der Waals surface area contributed by atoms with Gasteiger partial charge in [-0.3, -0.25) is 4.90 Å². The van der Waals surface area contributed by atoms with Gasteiger partial charge < -0.3 is 5.32 Å². The molecule has 5 heteroatoms. The highest BCUT2D eigenvalue weighted by Gasteiger charge is 2.26. The lowest BCUT2D eigenvalue weighted by molar-refractivity contribution is -0.557. The molecule has 0 bridgehead atoms. The Labute approximate surface area is 122 Å². The Morgan fingerprint density at radius 3 is 2.57 bits per heavy atom. The molecule has 0 aliphatic carbocycles. The number of benzene rings is 1. The van der Waals surface area contributed by atoms with E-state index in [-0.39, 0.29) is 11.5 Å². The Balaban J connectivity index is 1.98. The minimum Gasteiger partial charge on any atom is -0.309 e. The number of piperazine rings is 1. The molecular formula is C16H17FN3O+. The molecule has 0 unspecified atom stereocenters. The highest BCUT2D eigenvalue weighted by atomic mass is 19.1. The normalized spacial score (nSPS) is 15.0. The zero-order valence-corrected chi connectivity index (χ0v) is 11.6. The van der Waals surface area contributed by atoms with E-state index in [1.165, 1.54) is 16.7 Å². The molecule has 0 amide bonds. The van der Waals surface area contributed by atoms with E-state index < -0.39 is 5.82 Å². The van der Waals surface area contributed by atoms with E-state index in [9.17, 15) is 9.18 Å². The molecule has 1 fully saturated rings. The number of rotatable bonds is 2. The van der Waals surface area contributed by atoms with Gasteiger partial charge in [0.2, 0.25) is 0 Å². The van der Waals surface area contributed by atoms with E-state index in [1.54, 1.807) is 24.4 Å². The molecule has 3 rings (SSSR count). The van der Waals surface area contributed by atoms with Crippen LogP contribution in [0.4, 0.5) is 10.2 Å². The second kappa shape index (κ2) is 6.01. The molecule has 0 spiro atoms. The van der Waals surface area contributed by atoms with Crippen LogP contribution >= 0.6 is 0 Å². The topological polar surface area (TPSA) is 36.2 Å². The lowest BCUT2D eigenvalue weighted by Gasteiger charge is -2.23. The number of nitrogens with zero attached hydrogens (tertiary/aromatic N) is 2. The molecule has 108 valence electrons. The molecule has 1 aromatic heterocycles. The molecule has 1 saturated heterocycles. The van der Waals surface area contributed by atoms with Crippen molar-refractivity contribution in [1.82, 2.24) is 5.32 Å². The smallest absolute Gasteiger partial charge is 0.309 e. The molecule has 1 aromatic carbocycles. The van der Waals surface area contributed by atoms with Crippen LogP contribution in [0.15, 0.2) is 48.7 Å². The summed E-state index contributed by atoms with van der Waals surface area (Å²) in [6.07, 6.45) is 1.69. The van der Waals surface area contributed by atoms with Gasteiger partial charge in [0, 0.05) is 19.2 Å². The van der Waals surface area contributed by atoms with Crippen LogP contribution in [0.5, 0.6) is 0 Å². The summed E-state index contributed by atoms with van der Waals surface area (Å²) >= 11 is 0. The summed E-state index contributed by atoms with van der Waals surface area (Å²) in [5.74, 6) is -0.0420. The van der Waals surface area contributed by atoms with Crippen molar-refractivity contribution in [3.63, 3.8) is 0 Å². The fraction of sp³-hybridized carbons (Fsp3) is 0.250. The Morgan fingerprint density at radius 2 is 1.81 bits per heavy atom. The van der Waals surface area contributed by atoms with E-state index in [2.05, 4.69) is 10.2 Å². The first-order chi connectivity index (χ1) is 10.3. The summed E-state index contributed by atoms with van der Waals surface area (Å²) in [6.45, 7) is 3.41. The lowest BCUT2D eigenvalue weighted by atomic mass is 10.2. The monoisotopic (exact) mass is 286 g/mol. The summed E-state index contributed by atoms with van der Waals surface area (Å²) in [5.41, 5.74) is 0.0880. The summed E-state index contributed by atoms with van der Waals surface area (Å²) in [5, 5.41) is 3.28. The first-order valence-corrected chi connectivity index (χ1v) is 7.03. The van der Waals surface area contributed by atoms with Crippen molar-refractivity contribution in [2.24, 2.45) is 0 Å². The second-order valence-electron chi connectivity index (χ2n) is 4.95. The van der Waals surface area contributed by atoms with Gasteiger partial charge in [0.15, 0.2) is 0 Å². The molecular weight excluding hydrogens is 269 g/mol. The largest absolute Gasteiger partial charge is 0.348 e. The van der Waals surface area contributed by atoms with Gasteiger partial charge in [-0.1, -0.05) is 18.2 Å². The zero-order chi connectivity index (χ0) is 14.7. The standard InChI is InChI=1S/C16H17FN3O/c17-14-6-2-1-5-13(14)16(21)20-10-4-3-7-15(20)19-11-8-18-9-12-19/h1-7,10,18H,8-9,11-12H2/q+1. The quantitative estimate of drug-likeness (QED) is 0.843. The van der Waals surface area contributed by atoms with E-state index in [0.29, 0.717) is 0 Å². The third-order valence-corrected chi connectivity index (χ3v) is 3.60. The minimum absolute atomic E-state index is 0.0880. The predicted octanol–water partition coefficient (Wildman–Crippen LogP) is 1.21. The lowest BCUT2D eigenvalue weighted by Crippen LogP contribution is -2.53. The van der Waals surface area contributed by atoms with Crippen molar-refractivity contribution >= 4 is 11.7 Å². The maximum absolute atomic E-state index is 13.8. The average Bonchev–Trinajstić information content (AvgIpc) is 2.55. The molecule has 1 aliphatic rings. The maximum atomic E-state index is 13.8. The molecule has 21 heavy (non-hydrogen) atoms. The van der Waals surface area contributed by atoms with Crippen LogP contribution in [-0.4, -0.2) is 32.1 Å². The Hall–Kier alpha value is -2.27. The number of hydrogen-bond acceptors (Lipinski definition) is 3. The first-order valence-electron chi connectivity index (χ1n) is 7.03. The Bertz CT molecular complexity index is 653. The van der Waals surface area contributed by atoms with Crippen molar-refractivity contribution in [2.45, 2.75) is 0 Å². The molecule has 2 aromatic rings. The van der Waals surface area contributed by atoms with Crippen molar-refractivity contribution in [3.8, 4) is 0 Å². The molecule has 0 radical (unpaired) electrons. The predicted molar refractivity (Wildman–Crippen MR) is 77.8 cm³/mol. The minimum atomic E-state index is -0.495. The average molecular weight is 286 g/mol. The Kier molecular flexibility index (Phi) is 3.92. The van der Waals surface area contributed by atoms with Crippen LogP contribution in [0, 0.1) is 5.82 Å². The summed E-state index contributed by atoms with van der Waals surface area (Å²) in [6, 6.07) is 11.6. The highest BCUT2D eigenvalue weighted by Crippen LogP contribution is 2.11. The molecule has 1 N–H and O–H groups in total. The first kappa shape index (κ1) is 13.7. The van der Waals surface area contributed by atoms with Gasteiger partial charge in [-0.15, -0.1) is 0 Å². The van der Waals surface area contributed by atoms with Crippen molar-refractivity contribution < 1.29 is 13.8 Å². The fourth-order valence-corrected chi connectivity index (χ4v) is 2.52. The van der Waals surface area contributed by atoms with Gasteiger partial charge in [0.25, 0.3) is 5.82 Å². The molecule has 4 nitrogen and oxygen atoms in total. The fourth-order valence-electron chi connectivity index (χ4n) is 2.52. The molecule has 2 heterocycles. The van der Waals surface area contributed by atoms with Gasteiger partial charge in [-0.05, 0) is 18.2 Å². The van der Waals surface area contributed by atoms with Gasteiger partial charge >= 0.3 is 5.91 Å². The van der Waals surface area contributed by atoms with Gasteiger partial charge in [-0.25, -0.2) is 9.18 Å². The summed E-state index contributed by atoms with van der Waals surface area (Å²) in [4.78, 5) is 14.7. The van der Waals surface area contributed by atoms with E-state index in [4.69, 9.17) is 0 Å². The number of nitrogens with one attached hydrogen (secondary N) is 1. The van der Waals surface area contributed by atoms with E-state index in [0.717, 1.165) is 32.0 Å². The van der Waals surface area contributed by atoms with Crippen LogP contribution in [0.1, 0.15) is 10.4 Å². The molecule has 0 atom stereocenters. The maximum Gasteiger partial charge on any atom is 0.348 e. The van der Waals surface area contributed by atoms with Crippen LogP contribution in [-0.2, 0) is 0 Å². The van der Waals surface area contributed by atoms with Crippen LogP contribution in [0.2, 0.25) is 0 Å². The number of aromatic nitrogens is 1. The van der Waals surface area contributed by atoms with Gasteiger partial charge in [-0.2, -0.15) is 4.57 Å². The van der Waals surface area contributed by atoms with Gasteiger partial charge in [0.05, 0.1) is 19.3 Å². The Morgan fingerprint density at radius 1 is 1.10 bits per heavy atom.